The molecule has 0 aliphatic carbocycles. The van der Waals surface area contributed by atoms with E-state index in [9.17, 15) is 10.1 Å². The maximum absolute atomic E-state index is 13.0. The molecule has 2 aliphatic heterocycles. The number of aromatic nitrogens is 2. The van der Waals surface area contributed by atoms with Gasteiger partial charge in [-0.3, -0.25) is 4.79 Å². The Hall–Kier alpha value is -3.02. The van der Waals surface area contributed by atoms with E-state index in [0.717, 1.165) is 0 Å². The molecule has 1 aromatic heterocycles. The number of rotatable bonds is 3. The number of carbonyl (C=O) groups excluding carboxylic acids is 1. The van der Waals surface area contributed by atoms with Gasteiger partial charge in [0.15, 0.2) is 5.79 Å². The summed E-state index contributed by atoms with van der Waals surface area (Å²) in [7, 11) is 0. The van der Waals surface area contributed by atoms with Gasteiger partial charge in [0, 0.05) is 31.6 Å². The summed E-state index contributed by atoms with van der Waals surface area (Å²) in [6, 6.07) is 10.9. The fraction of sp³-hybridized carbons (Fsp3) is 0.400. The van der Waals surface area contributed by atoms with E-state index in [-0.39, 0.29) is 5.91 Å². The second-order valence-electron chi connectivity index (χ2n) is 6.90. The normalized spacial score (nSPS) is 18.1. The molecule has 1 aromatic carbocycles. The van der Waals surface area contributed by atoms with Crippen LogP contribution in [0, 0.1) is 18.3 Å². The predicted octanol–water partition coefficient (Wildman–Crippen LogP) is 2.38. The van der Waals surface area contributed by atoms with Gasteiger partial charge in [-0.25, -0.2) is 9.97 Å². The lowest BCUT2D eigenvalue weighted by molar-refractivity contribution is -0.181. The Morgan fingerprint density at radius 1 is 1.21 bits per heavy atom. The van der Waals surface area contributed by atoms with Crippen LogP contribution in [0.1, 0.15) is 34.6 Å². The third-order valence-corrected chi connectivity index (χ3v) is 4.99. The van der Waals surface area contributed by atoms with Crippen LogP contribution in [0.25, 0.3) is 0 Å². The lowest BCUT2D eigenvalue weighted by Crippen LogP contribution is -2.47. The number of benzene rings is 1. The molecule has 4 rings (SSSR count). The molecule has 2 aliphatic rings. The number of likely N-dealkylation sites (tertiary alicyclic amines) is 1. The standard InChI is InChI=1S/C20H21N5O3/c1-14-12-17(18(26)25-8-6-20(7-9-25)27-10-11-28-20)24-19(22-14)23-16-5-3-2-4-15(16)13-21/h2-5,12H,6-11H2,1H3,(H,22,23,24). The highest BCUT2D eigenvalue weighted by molar-refractivity contribution is 5.92. The maximum atomic E-state index is 13.0. The highest BCUT2D eigenvalue weighted by atomic mass is 16.7. The minimum atomic E-state index is -0.522. The number of anilines is 2. The first-order valence-corrected chi connectivity index (χ1v) is 9.28. The molecule has 1 spiro atoms. The molecule has 0 atom stereocenters. The van der Waals surface area contributed by atoms with Crippen molar-refractivity contribution in [3.63, 3.8) is 0 Å². The summed E-state index contributed by atoms with van der Waals surface area (Å²) in [4.78, 5) is 23.5. The van der Waals surface area contributed by atoms with Crippen LogP contribution in [0.3, 0.4) is 0 Å². The predicted molar refractivity (Wildman–Crippen MR) is 101 cm³/mol. The van der Waals surface area contributed by atoms with E-state index in [1.807, 2.05) is 13.0 Å². The van der Waals surface area contributed by atoms with Gasteiger partial charge in [-0.1, -0.05) is 12.1 Å². The summed E-state index contributed by atoms with van der Waals surface area (Å²) in [5.41, 5.74) is 2.09. The monoisotopic (exact) mass is 379 g/mol. The number of aryl methyl sites for hydroxylation is 1. The molecular formula is C20H21N5O3. The number of hydrogen-bond donors (Lipinski definition) is 1. The second kappa shape index (κ2) is 7.54. The van der Waals surface area contributed by atoms with Gasteiger partial charge in [0.05, 0.1) is 24.5 Å². The average molecular weight is 379 g/mol. The first-order chi connectivity index (χ1) is 13.6. The molecule has 144 valence electrons. The number of nitrogens with one attached hydrogen (secondary N) is 1. The fourth-order valence-electron chi connectivity index (χ4n) is 3.54. The van der Waals surface area contributed by atoms with Crippen molar-refractivity contribution < 1.29 is 14.3 Å². The van der Waals surface area contributed by atoms with Crippen LogP contribution in [0.5, 0.6) is 0 Å². The number of ether oxygens (including phenoxy) is 2. The summed E-state index contributed by atoms with van der Waals surface area (Å²) in [5.74, 6) is -0.372. The van der Waals surface area contributed by atoms with Gasteiger partial charge in [-0.2, -0.15) is 5.26 Å². The van der Waals surface area contributed by atoms with Crippen molar-refractivity contribution >= 4 is 17.5 Å². The average Bonchev–Trinajstić information content (AvgIpc) is 3.16. The smallest absolute Gasteiger partial charge is 0.272 e. The molecule has 2 saturated heterocycles. The third kappa shape index (κ3) is 3.67. The quantitative estimate of drug-likeness (QED) is 0.874. The summed E-state index contributed by atoms with van der Waals surface area (Å²) in [5, 5.41) is 12.3. The largest absolute Gasteiger partial charge is 0.347 e. The SMILES string of the molecule is Cc1cc(C(=O)N2CCC3(CC2)OCCO3)nc(Nc2ccccc2C#N)n1. The molecule has 0 radical (unpaired) electrons. The van der Waals surface area contributed by atoms with Gasteiger partial charge in [-0.15, -0.1) is 0 Å². The van der Waals surface area contributed by atoms with Gasteiger partial charge in [0.25, 0.3) is 5.91 Å². The minimum absolute atomic E-state index is 0.144. The topological polar surface area (TPSA) is 100 Å². The Labute approximate surface area is 163 Å². The van der Waals surface area contributed by atoms with Crippen molar-refractivity contribution in [1.29, 1.82) is 5.26 Å². The van der Waals surface area contributed by atoms with Crippen LogP contribution < -0.4 is 5.32 Å². The van der Waals surface area contributed by atoms with E-state index in [1.165, 1.54) is 0 Å². The Morgan fingerprint density at radius 3 is 2.64 bits per heavy atom. The van der Waals surface area contributed by atoms with Crippen LogP contribution in [0.15, 0.2) is 30.3 Å². The highest BCUT2D eigenvalue weighted by Gasteiger charge is 2.41. The van der Waals surface area contributed by atoms with Gasteiger partial charge in [-0.05, 0) is 25.1 Å². The fourth-order valence-corrected chi connectivity index (χ4v) is 3.54. The van der Waals surface area contributed by atoms with Gasteiger partial charge < -0.3 is 19.7 Å². The maximum Gasteiger partial charge on any atom is 0.272 e. The number of amides is 1. The van der Waals surface area contributed by atoms with Crippen LogP contribution in [0.2, 0.25) is 0 Å². The number of piperidine rings is 1. The Bertz CT molecular complexity index is 924. The summed E-state index contributed by atoms with van der Waals surface area (Å²) >= 11 is 0. The van der Waals surface area contributed by atoms with E-state index in [4.69, 9.17) is 9.47 Å². The first-order valence-electron chi connectivity index (χ1n) is 9.28. The van der Waals surface area contributed by atoms with E-state index in [0.29, 0.717) is 67.7 Å². The zero-order valence-corrected chi connectivity index (χ0v) is 15.6. The van der Waals surface area contributed by atoms with Crippen LogP contribution in [0.4, 0.5) is 11.6 Å². The Balaban J connectivity index is 1.51. The Kier molecular flexibility index (Phi) is 4.94. The molecule has 1 amide bonds. The summed E-state index contributed by atoms with van der Waals surface area (Å²) < 4.78 is 11.4. The molecule has 0 saturated carbocycles. The van der Waals surface area contributed by atoms with Crippen molar-refractivity contribution in [3.05, 3.63) is 47.3 Å². The molecule has 8 heteroatoms. The number of nitrogens with zero attached hydrogens (tertiary/aromatic N) is 4. The lowest BCUT2D eigenvalue weighted by atomic mass is 10.0. The third-order valence-electron chi connectivity index (χ3n) is 4.99. The van der Waals surface area contributed by atoms with Crippen molar-refractivity contribution in [3.8, 4) is 6.07 Å². The number of nitriles is 1. The van der Waals surface area contributed by atoms with Gasteiger partial charge in [0.2, 0.25) is 5.95 Å². The molecule has 28 heavy (non-hydrogen) atoms. The number of hydrogen-bond acceptors (Lipinski definition) is 7. The zero-order chi connectivity index (χ0) is 19.6. The van der Waals surface area contributed by atoms with Gasteiger partial charge in [0.1, 0.15) is 11.8 Å². The summed E-state index contributed by atoms with van der Waals surface area (Å²) in [6.45, 7) is 4.14. The molecule has 1 N–H and O–H groups in total. The van der Waals surface area contributed by atoms with E-state index >= 15 is 0 Å². The van der Waals surface area contributed by atoms with Crippen molar-refractivity contribution in [2.75, 3.05) is 31.6 Å². The highest BCUT2D eigenvalue weighted by Crippen LogP contribution is 2.31. The van der Waals surface area contributed by atoms with Crippen molar-refractivity contribution in [2.45, 2.75) is 25.6 Å². The minimum Gasteiger partial charge on any atom is -0.347 e. The van der Waals surface area contributed by atoms with E-state index in [2.05, 4.69) is 21.4 Å². The van der Waals surface area contributed by atoms with E-state index < -0.39 is 5.79 Å². The van der Waals surface area contributed by atoms with Crippen LogP contribution >= 0.6 is 0 Å². The van der Waals surface area contributed by atoms with Gasteiger partial charge >= 0.3 is 0 Å². The van der Waals surface area contributed by atoms with Crippen molar-refractivity contribution in [1.82, 2.24) is 14.9 Å². The number of carbonyl (C=O) groups is 1. The molecule has 8 nitrogen and oxygen atoms in total. The lowest BCUT2D eigenvalue weighted by Gasteiger charge is -2.37. The molecule has 3 heterocycles. The van der Waals surface area contributed by atoms with Crippen molar-refractivity contribution in [2.24, 2.45) is 0 Å². The van der Waals surface area contributed by atoms with Crippen LogP contribution in [-0.4, -0.2) is 52.9 Å². The number of para-hydroxylation sites is 1. The first kappa shape index (κ1) is 18.3. The Morgan fingerprint density at radius 2 is 1.93 bits per heavy atom. The molecular weight excluding hydrogens is 358 g/mol. The van der Waals surface area contributed by atoms with Crippen LogP contribution in [-0.2, 0) is 9.47 Å². The zero-order valence-electron chi connectivity index (χ0n) is 15.6. The second-order valence-corrected chi connectivity index (χ2v) is 6.90. The van der Waals surface area contributed by atoms with E-state index in [1.54, 1.807) is 29.2 Å². The molecule has 0 unspecified atom stereocenters. The molecule has 2 fully saturated rings. The summed E-state index contributed by atoms with van der Waals surface area (Å²) in [6.07, 6.45) is 1.31. The molecule has 2 aromatic rings. The molecule has 0 bridgehead atoms.